The van der Waals surface area contributed by atoms with Crippen LogP contribution in [0.25, 0.3) is 0 Å². The van der Waals surface area contributed by atoms with E-state index in [4.69, 9.17) is 0 Å². The van der Waals surface area contributed by atoms with E-state index in [1.54, 1.807) is 12.1 Å². The van der Waals surface area contributed by atoms with Gasteiger partial charge in [-0.05, 0) is 60.1 Å². The molecule has 0 aromatic heterocycles. The lowest BCUT2D eigenvalue weighted by Gasteiger charge is -2.35. The molecule has 1 aliphatic carbocycles. The van der Waals surface area contributed by atoms with E-state index in [1.807, 2.05) is 25.1 Å². The quantitative estimate of drug-likeness (QED) is 0.360. The maximum Gasteiger partial charge on any atom is 0.534 e. The van der Waals surface area contributed by atoms with Crippen LogP contribution >= 0.6 is 0 Å². The fraction of sp³-hybridized carbons (Fsp3) is 0.250. The van der Waals surface area contributed by atoms with E-state index >= 15 is 0 Å². The van der Waals surface area contributed by atoms with Crippen molar-refractivity contribution in [2.45, 2.75) is 37.1 Å². The Morgan fingerprint density at radius 1 is 0.903 bits per heavy atom. The van der Waals surface area contributed by atoms with E-state index in [2.05, 4.69) is 34.5 Å². The van der Waals surface area contributed by atoms with Gasteiger partial charge in [0.25, 0.3) is 0 Å². The van der Waals surface area contributed by atoms with Crippen molar-refractivity contribution < 1.29 is 25.8 Å². The van der Waals surface area contributed by atoms with Crippen LogP contribution in [0.3, 0.4) is 0 Å². The van der Waals surface area contributed by atoms with Gasteiger partial charge in [-0.1, -0.05) is 66.2 Å². The molecule has 0 aliphatic heterocycles. The minimum Gasteiger partial charge on any atom is -0.376 e. The SMILES string of the molecule is Cc1ccc2c(c1)CCC(c1ccccc1)C2c1ccc(OS(=O)(=O)C(F)(F)F)cc1. The smallest absolute Gasteiger partial charge is 0.376 e. The molecule has 3 aromatic rings. The van der Waals surface area contributed by atoms with E-state index in [-0.39, 0.29) is 17.6 Å². The summed E-state index contributed by atoms with van der Waals surface area (Å²) in [4.78, 5) is 0. The van der Waals surface area contributed by atoms with Crippen molar-refractivity contribution in [1.82, 2.24) is 0 Å². The van der Waals surface area contributed by atoms with Gasteiger partial charge in [-0.2, -0.15) is 21.6 Å². The molecule has 7 heteroatoms. The Morgan fingerprint density at radius 2 is 1.58 bits per heavy atom. The third-order valence-electron chi connectivity index (χ3n) is 5.72. The molecule has 2 atom stereocenters. The van der Waals surface area contributed by atoms with E-state index in [0.29, 0.717) is 0 Å². The lowest BCUT2D eigenvalue weighted by atomic mass is 9.69. The van der Waals surface area contributed by atoms with Gasteiger partial charge in [0.05, 0.1) is 0 Å². The van der Waals surface area contributed by atoms with Crippen LogP contribution in [0, 0.1) is 6.92 Å². The van der Waals surface area contributed by atoms with Gasteiger partial charge < -0.3 is 4.18 Å². The van der Waals surface area contributed by atoms with E-state index < -0.39 is 15.6 Å². The molecule has 2 unspecified atom stereocenters. The zero-order valence-electron chi connectivity index (χ0n) is 16.8. The van der Waals surface area contributed by atoms with Crippen molar-refractivity contribution in [1.29, 1.82) is 0 Å². The van der Waals surface area contributed by atoms with E-state index in [1.165, 1.54) is 34.4 Å². The fourth-order valence-corrected chi connectivity index (χ4v) is 4.78. The number of halogens is 3. The lowest BCUT2D eigenvalue weighted by molar-refractivity contribution is -0.0500. The fourth-order valence-electron chi connectivity index (χ4n) is 4.32. The summed E-state index contributed by atoms with van der Waals surface area (Å²) >= 11 is 0. The molecule has 162 valence electrons. The van der Waals surface area contributed by atoms with Crippen LogP contribution in [0.2, 0.25) is 0 Å². The molecule has 31 heavy (non-hydrogen) atoms. The highest BCUT2D eigenvalue weighted by Gasteiger charge is 2.48. The first-order valence-electron chi connectivity index (χ1n) is 9.91. The molecule has 0 heterocycles. The van der Waals surface area contributed by atoms with Crippen LogP contribution in [0.4, 0.5) is 13.2 Å². The minimum atomic E-state index is -5.70. The molecule has 0 N–H and O–H groups in total. The van der Waals surface area contributed by atoms with Crippen molar-refractivity contribution in [3.63, 3.8) is 0 Å². The third-order valence-corrected chi connectivity index (χ3v) is 6.70. The zero-order chi connectivity index (χ0) is 22.2. The maximum atomic E-state index is 12.6. The standard InChI is InChI=1S/C24H21F3O3S/c1-16-7-13-22-19(15-16)10-14-21(17-5-3-2-4-6-17)23(22)18-8-11-20(12-9-18)30-31(28,29)24(25,26)27/h2-9,11-13,15,21,23H,10,14H2,1H3. The average Bonchev–Trinajstić information content (AvgIpc) is 2.73. The number of hydrogen-bond acceptors (Lipinski definition) is 3. The number of hydrogen-bond donors (Lipinski definition) is 0. The van der Waals surface area contributed by atoms with Crippen molar-refractivity contribution in [3.8, 4) is 5.75 Å². The Kier molecular flexibility index (Phi) is 5.56. The molecule has 0 spiro atoms. The summed E-state index contributed by atoms with van der Waals surface area (Å²) in [6, 6.07) is 22.3. The van der Waals surface area contributed by atoms with Crippen LogP contribution in [-0.2, 0) is 16.5 Å². The molecule has 1 aliphatic rings. The van der Waals surface area contributed by atoms with Gasteiger partial charge in [-0.3, -0.25) is 0 Å². The summed E-state index contributed by atoms with van der Waals surface area (Å²) in [6.07, 6.45) is 1.88. The zero-order valence-corrected chi connectivity index (χ0v) is 17.6. The van der Waals surface area contributed by atoms with Gasteiger partial charge in [0.2, 0.25) is 0 Å². The summed E-state index contributed by atoms with van der Waals surface area (Å²) in [6.45, 7) is 2.05. The molecule has 0 amide bonds. The van der Waals surface area contributed by atoms with Crippen LogP contribution in [0.5, 0.6) is 5.75 Å². The van der Waals surface area contributed by atoms with E-state index in [9.17, 15) is 21.6 Å². The average molecular weight is 446 g/mol. The molecule has 0 saturated heterocycles. The van der Waals surface area contributed by atoms with Gasteiger partial charge in [0.15, 0.2) is 0 Å². The molecular formula is C24H21F3O3S. The topological polar surface area (TPSA) is 43.4 Å². The normalized spacial score (nSPS) is 19.0. The number of benzene rings is 3. The van der Waals surface area contributed by atoms with Crippen molar-refractivity contribution in [2.24, 2.45) is 0 Å². The first-order valence-corrected chi connectivity index (χ1v) is 11.3. The van der Waals surface area contributed by atoms with Crippen LogP contribution < -0.4 is 4.18 Å². The highest BCUT2D eigenvalue weighted by atomic mass is 32.2. The highest BCUT2D eigenvalue weighted by molar-refractivity contribution is 7.88. The van der Waals surface area contributed by atoms with Gasteiger partial charge in [0, 0.05) is 5.92 Å². The summed E-state index contributed by atoms with van der Waals surface area (Å²) in [7, 11) is -5.70. The second-order valence-electron chi connectivity index (χ2n) is 7.79. The van der Waals surface area contributed by atoms with Crippen LogP contribution in [0.15, 0.2) is 72.8 Å². The second-order valence-corrected chi connectivity index (χ2v) is 9.33. The Bertz CT molecular complexity index is 1170. The summed E-state index contributed by atoms with van der Waals surface area (Å²) in [5.41, 5.74) is 0.245. The molecular weight excluding hydrogens is 425 g/mol. The Hall–Kier alpha value is -2.80. The van der Waals surface area contributed by atoms with Crippen molar-refractivity contribution in [3.05, 3.63) is 101 Å². The van der Waals surface area contributed by atoms with Crippen LogP contribution in [-0.4, -0.2) is 13.9 Å². The molecule has 0 radical (unpaired) electrons. The maximum absolute atomic E-state index is 12.6. The first-order chi connectivity index (χ1) is 14.7. The number of fused-ring (bicyclic) bond motifs is 1. The molecule has 3 aromatic carbocycles. The lowest BCUT2D eigenvalue weighted by Crippen LogP contribution is -2.28. The van der Waals surface area contributed by atoms with Crippen LogP contribution in [0.1, 0.15) is 46.1 Å². The van der Waals surface area contributed by atoms with E-state index in [0.717, 1.165) is 18.4 Å². The number of alkyl halides is 3. The van der Waals surface area contributed by atoms with Gasteiger partial charge in [-0.15, -0.1) is 0 Å². The molecule has 0 fully saturated rings. The Labute approximate surface area is 179 Å². The Balaban J connectivity index is 1.73. The molecule has 0 bridgehead atoms. The summed E-state index contributed by atoms with van der Waals surface area (Å²) in [5, 5.41) is 0. The minimum absolute atomic E-state index is 0.0000215. The largest absolute Gasteiger partial charge is 0.534 e. The van der Waals surface area contributed by atoms with Crippen molar-refractivity contribution >= 4 is 10.1 Å². The molecule has 4 rings (SSSR count). The Morgan fingerprint density at radius 3 is 2.23 bits per heavy atom. The van der Waals surface area contributed by atoms with Gasteiger partial charge >= 0.3 is 15.6 Å². The number of aryl methyl sites for hydroxylation is 2. The predicted octanol–water partition coefficient (Wildman–Crippen LogP) is 6.09. The summed E-state index contributed by atoms with van der Waals surface area (Å²) < 4.78 is 64.7. The van der Waals surface area contributed by atoms with Gasteiger partial charge in [0.1, 0.15) is 5.75 Å². The van der Waals surface area contributed by atoms with Crippen molar-refractivity contribution in [2.75, 3.05) is 0 Å². The summed E-state index contributed by atoms with van der Waals surface area (Å²) in [5.74, 6) is -0.167. The predicted molar refractivity (Wildman–Crippen MR) is 113 cm³/mol. The third kappa shape index (κ3) is 4.32. The number of rotatable bonds is 4. The molecule has 0 saturated carbocycles. The van der Waals surface area contributed by atoms with Gasteiger partial charge in [-0.25, -0.2) is 0 Å². The first kappa shape index (κ1) is 21.4. The molecule has 3 nitrogen and oxygen atoms in total. The highest BCUT2D eigenvalue weighted by Crippen LogP contribution is 2.46. The monoisotopic (exact) mass is 446 g/mol. The second kappa shape index (κ2) is 8.04.